The van der Waals surface area contributed by atoms with Crippen LogP contribution in [0.3, 0.4) is 0 Å². The van der Waals surface area contributed by atoms with Gasteiger partial charge >= 0.3 is 18.1 Å². The Morgan fingerprint density at radius 1 is 1.07 bits per heavy atom. The second kappa shape index (κ2) is 17.0. The second-order valence-corrected chi connectivity index (χ2v) is 16.5. The fraction of sp³-hybridized carbons (Fsp3) is 0.525. The fourth-order valence-electron chi connectivity index (χ4n) is 7.45. The normalized spacial score (nSPS) is 22.3. The summed E-state index contributed by atoms with van der Waals surface area (Å²) in [6.07, 6.45) is 3.78. The lowest BCUT2D eigenvalue weighted by atomic mass is 9.85. The number of benzene rings is 1. The zero-order valence-corrected chi connectivity index (χ0v) is 34.0. The number of hydrogen-bond donors (Lipinski definition) is 4. The number of methoxy groups -OCH3 is 2. The van der Waals surface area contributed by atoms with E-state index in [1.807, 2.05) is 33.8 Å². The number of fused-ring (bicyclic) bond motifs is 1. The standard InChI is InChI=1S/C40H51N7O9S/c1-8-22-19-40(22,35(50)54-7)46-33(48)30-17-25(20-47(30)34(49)32(39(3,4)5)44-38(52)56-23-12-10-11-13-23)55-31-18-28(42-27-16-24(53-6)14-15-26(27)31)29-21-57-37(43-29)45-36(51)41-9-2/h8,14-16,18,21-23,25,30,32H,1,9-13,17,19-20H2,2-7H3,(H,44,52)(H,46,48)(H2,41,43,45,51)/t22-,25-,30+,32-,40-/m1/s1. The summed E-state index contributed by atoms with van der Waals surface area (Å²) in [7, 11) is 2.80. The molecule has 0 spiro atoms. The number of hydrogen-bond acceptors (Lipinski definition) is 12. The van der Waals surface area contributed by atoms with Crippen LogP contribution in [0.25, 0.3) is 22.3 Å². The minimum atomic E-state index is -1.30. The number of urea groups is 1. The average molecular weight is 806 g/mol. The number of nitrogens with zero attached hydrogens (tertiary/aromatic N) is 3. The van der Waals surface area contributed by atoms with Crippen molar-refractivity contribution in [1.29, 1.82) is 0 Å². The van der Waals surface area contributed by atoms with Crippen LogP contribution in [0, 0.1) is 11.3 Å². The average Bonchev–Trinajstić information content (AvgIpc) is 3.60. The van der Waals surface area contributed by atoms with Gasteiger partial charge in [0.05, 0.1) is 32.0 Å². The first-order chi connectivity index (χ1) is 27.2. The highest BCUT2D eigenvalue weighted by Gasteiger charge is 2.62. The van der Waals surface area contributed by atoms with Crippen LogP contribution >= 0.6 is 11.3 Å². The molecule has 0 radical (unpaired) electrons. The molecule has 5 atom stereocenters. The zero-order chi connectivity index (χ0) is 41.1. The highest BCUT2D eigenvalue weighted by Crippen LogP contribution is 2.46. The molecule has 16 nitrogen and oxygen atoms in total. The van der Waals surface area contributed by atoms with Crippen molar-refractivity contribution in [3.05, 3.63) is 42.3 Å². The monoisotopic (exact) mass is 805 g/mol. The number of carbonyl (C=O) groups excluding carboxylic acids is 5. The number of rotatable bonds is 13. The van der Waals surface area contributed by atoms with Crippen molar-refractivity contribution in [3.8, 4) is 22.9 Å². The van der Waals surface area contributed by atoms with Crippen LogP contribution in [0.4, 0.5) is 14.7 Å². The van der Waals surface area contributed by atoms with Crippen LogP contribution in [0.15, 0.2) is 42.3 Å². The van der Waals surface area contributed by atoms with E-state index in [2.05, 4.69) is 32.8 Å². The number of alkyl carbamates (subject to hydrolysis) is 1. The molecule has 3 fully saturated rings. The van der Waals surface area contributed by atoms with Crippen molar-refractivity contribution in [2.75, 3.05) is 32.6 Å². The smallest absolute Gasteiger partial charge is 0.408 e. The summed E-state index contributed by atoms with van der Waals surface area (Å²) in [5.41, 5.74) is -0.609. The van der Waals surface area contributed by atoms with Gasteiger partial charge in [-0.3, -0.25) is 14.9 Å². The lowest BCUT2D eigenvalue weighted by Gasteiger charge is -2.35. The molecule has 3 aliphatic rings. The first-order valence-corrected chi connectivity index (χ1v) is 20.0. The van der Waals surface area contributed by atoms with Gasteiger partial charge in [-0.1, -0.05) is 26.8 Å². The zero-order valence-electron chi connectivity index (χ0n) is 33.1. The number of likely N-dealkylation sites (tertiary alicyclic amines) is 1. The summed E-state index contributed by atoms with van der Waals surface area (Å²) < 4.78 is 22.9. The summed E-state index contributed by atoms with van der Waals surface area (Å²) in [4.78, 5) is 78.0. The predicted octanol–water partition coefficient (Wildman–Crippen LogP) is 5.17. The third-order valence-electron chi connectivity index (χ3n) is 10.6. The Morgan fingerprint density at radius 3 is 2.47 bits per heavy atom. The minimum Gasteiger partial charge on any atom is -0.497 e. The van der Waals surface area contributed by atoms with Gasteiger partial charge in [-0.05, 0) is 56.6 Å². The van der Waals surface area contributed by atoms with Crippen molar-refractivity contribution in [1.82, 2.24) is 30.8 Å². The maximum atomic E-state index is 14.7. The van der Waals surface area contributed by atoms with Gasteiger partial charge in [-0.2, -0.15) is 0 Å². The molecular weight excluding hydrogens is 755 g/mol. The van der Waals surface area contributed by atoms with Crippen LogP contribution in [0.2, 0.25) is 0 Å². The summed E-state index contributed by atoms with van der Waals surface area (Å²) in [5, 5.41) is 13.9. The van der Waals surface area contributed by atoms with Gasteiger partial charge in [0.2, 0.25) is 11.8 Å². The number of amides is 5. The molecule has 5 amide bonds. The molecule has 1 aromatic carbocycles. The number of ether oxygens (including phenoxy) is 4. The van der Waals surface area contributed by atoms with E-state index >= 15 is 0 Å². The largest absolute Gasteiger partial charge is 0.497 e. The Morgan fingerprint density at radius 2 is 1.82 bits per heavy atom. The number of thiazole rings is 1. The third kappa shape index (κ3) is 9.08. The van der Waals surface area contributed by atoms with E-state index < -0.39 is 53.0 Å². The molecule has 4 N–H and O–H groups in total. The van der Waals surface area contributed by atoms with E-state index in [9.17, 15) is 24.0 Å². The van der Waals surface area contributed by atoms with Crippen LogP contribution in [-0.4, -0.2) is 102 Å². The van der Waals surface area contributed by atoms with Crippen LogP contribution in [0.1, 0.15) is 66.2 Å². The predicted molar refractivity (Wildman–Crippen MR) is 213 cm³/mol. The van der Waals surface area contributed by atoms with Crippen molar-refractivity contribution >= 4 is 57.3 Å². The maximum Gasteiger partial charge on any atom is 0.408 e. The number of pyridine rings is 1. The van der Waals surface area contributed by atoms with Gasteiger partial charge < -0.3 is 39.8 Å². The van der Waals surface area contributed by atoms with Gasteiger partial charge in [0.25, 0.3) is 0 Å². The first-order valence-electron chi connectivity index (χ1n) is 19.2. The summed E-state index contributed by atoms with van der Waals surface area (Å²) in [6, 6.07) is 4.54. The number of aromatic nitrogens is 2. The van der Waals surface area contributed by atoms with E-state index in [0.717, 1.165) is 25.7 Å². The lowest BCUT2D eigenvalue weighted by Crippen LogP contribution is -2.59. The molecule has 0 unspecified atom stereocenters. The number of esters is 1. The van der Waals surface area contributed by atoms with Crippen LogP contribution in [0.5, 0.6) is 11.5 Å². The quantitative estimate of drug-likeness (QED) is 0.131. The Kier molecular flexibility index (Phi) is 12.3. The van der Waals surface area contributed by atoms with Gasteiger partial charge in [0.15, 0.2) is 5.13 Å². The lowest BCUT2D eigenvalue weighted by molar-refractivity contribution is -0.148. The summed E-state index contributed by atoms with van der Waals surface area (Å²) in [5.74, 6) is -1.04. The molecule has 2 aromatic heterocycles. The molecular formula is C40H51N7O9S. The van der Waals surface area contributed by atoms with Gasteiger partial charge in [-0.15, -0.1) is 17.9 Å². The molecule has 2 aliphatic carbocycles. The summed E-state index contributed by atoms with van der Waals surface area (Å²) >= 11 is 1.23. The van der Waals surface area contributed by atoms with E-state index in [0.29, 0.717) is 51.9 Å². The fourth-order valence-corrected chi connectivity index (χ4v) is 8.15. The van der Waals surface area contributed by atoms with Gasteiger partial charge in [-0.25, -0.2) is 24.4 Å². The molecule has 3 heterocycles. The minimum absolute atomic E-state index is 0.0222. The molecule has 1 saturated heterocycles. The van der Waals surface area contributed by atoms with Crippen molar-refractivity contribution in [2.24, 2.45) is 11.3 Å². The van der Waals surface area contributed by atoms with Gasteiger partial charge in [0.1, 0.15) is 47.0 Å². The van der Waals surface area contributed by atoms with E-state index in [-0.39, 0.29) is 31.0 Å². The number of nitrogens with one attached hydrogen (secondary N) is 4. The molecule has 17 heteroatoms. The summed E-state index contributed by atoms with van der Waals surface area (Å²) in [6.45, 7) is 11.5. The highest BCUT2D eigenvalue weighted by molar-refractivity contribution is 7.14. The molecule has 3 aromatic rings. The van der Waals surface area contributed by atoms with Crippen molar-refractivity contribution in [3.63, 3.8) is 0 Å². The van der Waals surface area contributed by atoms with Crippen LogP contribution < -0.4 is 30.7 Å². The first kappa shape index (κ1) is 41.2. The third-order valence-corrected chi connectivity index (χ3v) is 11.3. The Bertz CT molecular complexity index is 2030. The molecule has 306 valence electrons. The van der Waals surface area contributed by atoms with Crippen LogP contribution in [-0.2, 0) is 23.9 Å². The highest BCUT2D eigenvalue weighted by atomic mass is 32.1. The van der Waals surface area contributed by atoms with E-state index in [4.69, 9.17) is 23.9 Å². The van der Waals surface area contributed by atoms with E-state index in [1.54, 1.807) is 36.8 Å². The number of carbonyl (C=O) groups is 5. The maximum absolute atomic E-state index is 14.7. The topological polar surface area (TPSA) is 199 Å². The molecule has 1 aliphatic heterocycles. The van der Waals surface area contributed by atoms with E-state index in [1.165, 1.54) is 23.3 Å². The molecule has 0 bridgehead atoms. The SMILES string of the molecule is C=C[C@@H]1C[C@]1(NC(=O)[C@@H]1C[C@@H](Oc2cc(-c3csc(NC(=O)NCC)n3)nc3cc(OC)ccc23)CN1C(=O)[C@@H](NC(=O)OC1CCCC1)C(C)(C)C)C(=O)OC. The van der Waals surface area contributed by atoms with Crippen molar-refractivity contribution < 1.29 is 42.9 Å². The molecule has 2 saturated carbocycles. The number of anilines is 1. The Balaban J connectivity index is 1.32. The Labute approximate surface area is 335 Å². The molecule has 57 heavy (non-hydrogen) atoms. The Hall–Kier alpha value is -5.45. The molecule has 6 rings (SSSR count). The van der Waals surface area contributed by atoms with Gasteiger partial charge in [0, 0.05) is 41.8 Å². The van der Waals surface area contributed by atoms with Crippen molar-refractivity contribution in [2.45, 2.75) is 96.1 Å². The second-order valence-electron chi connectivity index (χ2n) is 15.6.